The smallest absolute Gasteiger partial charge is 0.328 e. The lowest BCUT2D eigenvalue weighted by Crippen LogP contribution is -2.34. The molecule has 1 aromatic carbocycles. The number of ether oxygens (including phenoxy) is 1. The maximum atomic E-state index is 11.6. The summed E-state index contributed by atoms with van der Waals surface area (Å²) in [5, 5.41) is 20.0. The van der Waals surface area contributed by atoms with Crippen LogP contribution < -0.4 is 16.2 Å². The number of carboxylic acid groups (broad SMARTS) is 1. The van der Waals surface area contributed by atoms with Crippen LogP contribution in [-0.2, 0) is 14.4 Å². The van der Waals surface area contributed by atoms with Gasteiger partial charge in [-0.15, -0.1) is 0 Å². The Morgan fingerprint density at radius 2 is 1.82 bits per heavy atom. The summed E-state index contributed by atoms with van der Waals surface area (Å²) in [4.78, 5) is 33.0. The van der Waals surface area contributed by atoms with Crippen LogP contribution in [0, 0.1) is 0 Å². The van der Waals surface area contributed by atoms with E-state index in [4.69, 9.17) is 26.5 Å². The van der Waals surface area contributed by atoms with E-state index >= 15 is 0 Å². The van der Waals surface area contributed by atoms with Crippen LogP contribution >= 0.6 is 0 Å². The number of hydrogen-bond acceptors (Lipinski definition) is 7. The van der Waals surface area contributed by atoms with E-state index in [-0.39, 0.29) is 29.9 Å². The van der Waals surface area contributed by atoms with Crippen LogP contribution in [0.4, 0.5) is 0 Å². The second kappa shape index (κ2) is 7.74. The van der Waals surface area contributed by atoms with Crippen LogP contribution in [0.15, 0.2) is 29.4 Å². The van der Waals surface area contributed by atoms with Crippen LogP contribution in [0.3, 0.4) is 0 Å². The number of primary amides is 1. The van der Waals surface area contributed by atoms with Crippen molar-refractivity contribution < 1.29 is 29.4 Å². The van der Waals surface area contributed by atoms with Crippen LogP contribution in [0.1, 0.15) is 18.4 Å². The standard InChI is InChI=1S/C13H15N3O6/c14-9(5-6-10(17)18)13(20)22-8-3-1-7(2-4-8)11(16-21)12(15)19/h1-4,9,21H,5-6,14H2,(H2,15,19)(H,17,18). The van der Waals surface area contributed by atoms with Gasteiger partial charge in [-0.3, -0.25) is 9.59 Å². The summed E-state index contributed by atoms with van der Waals surface area (Å²) in [6, 6.07) is 4.38. The average molecular weight is 309 g/mol. The van der Waals surface area contributed by atoms with Crippen LogP contribution in [0.2, 0.25) is 0 Å². The van der Waals surface area contributed by atoms with Gasteiger partial charge in [-0.2, -0.15) is 0 Å². The highest BCUT2D eigenvalue weighted by Gasteiger charge is 2.17. The summed E-state index contributed by atoms with van der Waals surface area (Å²) in [6.45, 7) is 0. The fourth-order valence-electron chi connectivity index (χ4n) is 1.52. The second-order valence-electron chi connectivity index (χ2n) is 4.30. The van der Waals surface area contributed by atoms with Crippen molar-refractivity contribution in [3.63, 3.8) is 0 Å². The minimum absolute atomic E-state index is 0.0464. The second-order valence-corrected chi connectivity index (χ2v) is 4.30. The van der Waals surface area contributed by atoms with Gasteiger partial charge in [0.1, 0.15) is 11.8 Å². The number of oxime groups is 1. The van der Waals surface area contributed by atoms with Gasteiger partial charge in [-0.25, -0.2) is 4.79 Å². The Labute approximate surface area is 125 Å². The van der Waals surface area contributed by atoms with E-state index in [0.29, 0.717) is 0 Å². The van der Waals surface area contributed by atoms with Gasteiger partial charge in [0.05, 0.1) is 0 Å². The fraction of sp³-hybridized carbons (Fsp3) is 0.231. The number of nitrogens with two attached hydrogens (primary N) is 2. The molecular weight excluding hydrogens is 294 g/mol. The third-order valence-corrected chi connectivity index (χ3v) is 2.65. The first-order valence-corrected chi connectivity index (χ1v) is 6.16. The highest BCUT2D eigenvalue weighted by Crippen LogP contribution is 2.14. The molecule has 0 bridgehead atoms. The average Bonchev–Trinajstić information content (AvgIpc) is 2.46. The Hall–Kier alpha value is -2.94. The topological polar surface area (TPSA) is 165 Å². The molecule has 0 radical (unpaired) electrons. The van der Waals surface area contributed by atoms with Crippen molar-refractivity contribution in [1.29, 1.82) is 0 Å². The number of amides is 1. The molecule has 0 saturated heterocycles. The van der Waals surface area contributed by atoms with Gasteiger partial charge >= 0.3 is 11.9 Å². The molecule has 0 aliphatic heterocycles. The summed E-state index contributed by atoms with van der Waals surface area (Å²) in [6.07, 6.45) is -0.292. The highest BCUT2D eigenvalue weighted by molar-refractivity contribution is 6.44. The van der Waals surface area contributed by atoms with Crippen molar-refractivity contribution in [2.24, 2.45) is 16.6 Å². The summed E-state index contributed by atoms with van der Waals surface area (Å²) in [5.74, 6) is -2.61. The third kappa shape index (κ3) is 4.87. The first-order chi connectivity index (χ1) is 10.3. The van der Waals surface area contributed by atoms with Crippen molar-refractivity contribution in [3.05, 3.63) is 29.8 Å². The molecule has 0 aliphatic carbocycles. The van der Waals surface area contributed by atoms with Gasteiger partial charge in [0.15, 0.2) is 5.71 Å². The Balaban J connectivity index is 2.70. The van der Waals surface area contributed by atoms with Crippen molar-refractivity contribution >= 4 is 23.6 Å². The number of esters is 1. The lowest BCUT2D eigenvalue weighted by atomic mass is 10.1. The van der Waals surface area contributed by atoms with Crippen LogP contribution in [0.25, 0.3) is 0 Å². The van der Waals surface area contributed by atoms with Gasteiger partial charge in [0.2, 0.25) is 0 Å². The molecular formula is C13H15N3O6. The Kier molecular flexibility index (Phi) is 6.02. The molecule has 0 heterocycles. The summed E-state index contributed by atoms with van der Waals surface area (Å²) in [5.41, 5.74) is 10.4. The molecule has 1 unspecified atom stereocenters. The SMILES string of the molecule is NC(=O)C(=NO)c1ccc(OC(=O)C(N)CCC(=O)O)cc1. The van der Waals surface area contributed by atoms with E-state index < -0.39 is 23.9 Å². The molecule has 1 atom stereocenters. The van der Waals surface area contributed by atoms with Crippen molar-refractivity contribution in [3.8, 4) is 5.75 Å². The number of rotatable bonds is 7. The molecule has 0 fully saturated rings. The normalized spacial score (nSPS) is 12.5. The monoisotopic (exact) mass is 309 g/mol. The number of benzene rings is 1. The number of carbonyl (C=O) groups is 3. The van der Waals surface area contributed by atoms with E-state index in [0.717, 1.165) is 0 Å². The molecule has 0 spiro atoms. The maximum absolute atomic E-state index is 11.6. The predicted octanol–water partition coefficient (Wildman–Crippen LogP) is -0.552. The Morgan fingerprint density at radius 1 is 1.23 bits per heavy atom. The van der Waals surface area contributed by atoms with E-state index in [1.54, 1.807) is 0 Å². The minimum atomic E-state index is -1.06. The molecule has 0 saturated carbocycles. The quantitative estimate of drug-likeness (QED) is 0.172. The molecule has 6 N–H and O–H groups in total. The molecule has 22 heavy (non-hydrogen) atoms. The minimum Gasteiger partial charge on any atom is -0.481 e. The van der Waals surface area contributed by atoms with Crippen molar-refractivity contribution in [1.82, 2.24) is 0 Å². The molecule has 1 rings (SSSR count). The Bertz CT molecular complexity index is 596. The summed E-state index contributed by atoms with van der Waals surface area (Å²) >= 11 is 0. The first kappa shape index (κ1) is 17.1. The van der Waals surface area contributed by atoms with Gasteiger partial charge in [-0.1, -0.05) is 5.16 Å². The molecule has 118 valence electrons. The molecule has 0 aromatic heterocycles. The van der Waals surface area contributed by atoms with E-state index in [9.17, 15) is 14.4 Å². The van der Waals surface area contributed by atoms with Crippen LogP contribution in [-0.4, -0.2) is 39.9 Å². The number of aliphatic carboxylic acids is 1. The number of hydrogen-bond donors (Lipinski definition) is 4. The number of carboxylic acids is 1. The maximum Gasteiger partial charge on any atom is 0.328 e. The third-order valence-electron chi connectivity index (χ3n) is 2.65. The molecule has 1 aromatic rings. The van der Waals surface area contributed by atoms with E-state index in [2.05, 4.69) is 5.16 Å². The van der Waals surface area contributed by atoms with Crippen molar-refractivity contribution in [2.45, 2.75) is 18.9 Å². The zero-order valence-corrected chi connectivity index (χ0v) is 11.4. The van der Waals surface area contributed by atoms with Crippen LogP contribution in [0.5, 0.6) is 5.75 Å². The highest BCUT2D eigenvalue weighted by atomic mass is 16.5. The summed E-state index contributed by atoms with van der Waals surface area (Å²) < 4.78 is 4.96. The zero-order chi connectivity index (χ0) is 16.7. The molecule has 1 amide bonds. The van der Waals surface area contributed by atoms with Crippen molar-refractivity contribution in [2.75, 3.05) is 0 Å². The lowest BCUT2D eigenvalue weighted by Gasteiger charge is -2.10. The first-order valence-electron chi connectivity index (χ1n) is 6.16. The fourth-order valence-corrected chi connectivity index (χ4v) is 1.52. The van der Waals surface area contributed by atoms with Gasteiger partial charge in [0.25, 0.3) is 5.91 Å². The largest absolute Gasteiger partial charge is 0.481 e. The van der Waals surface area contributed by atoms with Gasteiger partial charge in [0, 0.05) is 12.0 Å². The molecule has 9 heteroatoms. The Morgan fingerprint density at radius 3 is 2.27 bits per heavy atom. The predicted molar refractivity (Wildman–Crippen MR) is 74.4 cm³/mol. The van der Waals surface area contributed by atoms with Gasteiger partial charge in [-0.05, 0) is 30.7 Å². The van der Waals surface area contributed by atoms with E-state index in [1.807, 2.05) is 0 Å². The number of nitrogens with zero attached hydrogens (tertiary/aromatic N) is 1. The van der Waals surface area contributed by atoms with Gasteiger partial charge < -0.3 is 26.5 Å². The number of carbonyl (C=O) groups excluding carboxylic acids is 2. The molecule has 9 nitrogen and oxygen atoms in total. The zero-order valence-electron chi connectivity index (χ0n) is 11.4. The summed E-state index contributed by atoms with van der Waals surface area (Å²) in [7, 11) is 0. The molecule has 0 aliphatic rings. The lowest BCUT2D eigenvalue weighted by molar-refractivity contribution is -0.138. The van der Waals surface area contributed by atoms with E-state index in [1.165, 1.54) is 24.3 Å².